The Morgan fingerprint density at radius 1 is 0.643 bits per heavy atom. The molecule has 2 heteroatoms. The zero-order valence-corrected chi connectivity index (χ0v) is 8.08. The summed E-state index contributed by atoms with van der Waals surface area (Å²) in [6.45, 7) is 0.432. The average molecular weight is 192 g/mol. The second kappa shape index (κ2) is 2.94. The topological polar surface area (TPSA) is 40.5 Å². The molecule has 1 fully saturated rings. The van der Waals surface area contributed by atoms with Gasteiger partial charge in [-0.2, -0.15) is 0 Å². The number of aliphatic hydroxyl groups excluding tert-OH is 2. The van der Waals surface area contributed by atoms with Gasteiger partial charge in [0.2, 0.25) is 0 Å². The molecule has 0 heterocycles. The molecule has 76 valence electrons. The number of hydrogen-bond acceptors (Lipinski definition) is 2. The van der Waals surface area contributed by atoms with Gasteiger partial charge in [-0.25, -0.2) is 0 Å². The molecule has 4 rings (SSSR count). The molecule has 4 aliphatic rings. The standard InChI is InChI=1S/C12H16O2/c13-5-11-9-3-4-10(12(11)6-14)8-2-1-7(8)9/h1-4,7-14H,5-6H2/t7-,8+,9-,10+,11-,12-/m1/s1. The molecule has 0 aromatic rings. The Labute approximate surface area is 83.9 Å². The molecule has 0 aliphatic heterocycles. The average Bonchev–Trinajstić information content (AvgIpc) is 2.16. The first-order valence-electron chi connectivity index (χ1n) is 5.45. The van der Waals surface area contributed by atoms with Gasteiger partial charge in [-0.15, -0.1) is 0 Å². The van der Waals surface area contributed by atoms with Crippen molar-refractivity contribution in [3.63, 3.8) is 0 Å². The van der Waals surface area contributed by atoms with E-state index in [-0.39, 0.29) is 25.0 Å². The molecule has 0 aromatic heterocycles. The minimum atomic E-state index is 0.216. The summed E-state index contributed by atoms with van der Waals surface area (Å²) in [6.07, 6.45) is 9.04. The van der Waals surface area contributed by atoms with Crippen LogP contribution in [0.1, 0.15) is 0 Å². The van der Waals surface area contributed by atoms with Gasteiger partial charge in [-0.05, 0) is 35.5 Å². The van der Waals surface area contributed by atoms with Crippen LogP contribution in [-0.4, -0.2) is 23.4 Å². The Morgan fingerprint density at radius 3 is 1.29 bits per heavy atom. The Bertz CT molecular complexity index is 267. The minimum absolute atomic E-state index is 0.216. The van der Waals surface area contributed by atoms with E-state index in [9.17, 15) is 10.2 Å². The summed E-state index contributed by atoms with van der Waals surface area (Å²) in [6, 6.07) is 0. The van der Waals surface area contributed by atoms with E-state index in [2.05, 4.69) is 24.3 Å². The maximum absolute atomic E-state index is 9.37. The SMILES string of the molecule is OC[C@@H]1[C@@H]2C=C[C@@H]([C@H]3C=C[C@H]32)[C@H]1CO. The van der Waals surface area contributed by atoms with Crippen LogP contribution in [0.25, 0.3) is 0 Å². The van der Waals surface area contributed by atoms with Gasteiger partial charge < -0.3 is 10.2 Å². The summed E-state index contributed by atoms with van der Waals surface area (Å²) in [5.74, 6) is 2.78. The van der Waals surface area contributed by atoms with Crippen molar-refractivity contribution in [3.05, 3.63) is 24.3 Å². The molecule has 0 saturated heterocycles. The fraction of sp³-hybridized carbons (Fsp3) is 0.667. The van der Waals surface area contributed by atoms with Crippen molar-refractivity contribution in [2.45, 2.75) is 0 Å². The Kier molecular flexibility index (Phi) is 1.83. The van der Waals surface area contributed by atoms with Crippen LogP contribution >= 0.6 is 0 Å². The molecular weight excluding hydrogens is 176 g/mol. The third-order valence-electron chi connectivity index (χ3n) is 4.40. The van der Waals surface area contributed by atoms with Gasteiger partial charge in [-0.3, -0.25) is 0 Å². The lowest BCUT2D eigenvalue weighted by Crippen LogP contribution is -2.52. The molecule has 0 spiro atoms. The van der Waals surface area contributed by atoms with Crippen LogP contribution in [0.3, 0.4) is 0 Å². The second-order valence-electron chi connectivity index (χ2n) is 4.77. The highest BCUT2D eigenvalue weighted by Gasteiger charge is 2.51. The minimum Gasteiger partial charge on any atom is -0.396 e. The molecule has 4 aliphatic carbocycles. The van der Waals surface area contributed by atoms with Crippen molar-refractivity contribution >= 4 is 0 Å². The summed E-state index contributed by atoms with van der Waals surface area (Å²) < 4.78 is 0. The largest absolute Gasteiger partial charge is 0.396 e. The van der Waals surface area contributed by atoms with Gasteiger partial charge in [0, 0.05) is 13.2 Å². The van der Waals surface area contributed by atoms with Crippen LogP contribution in [-0.2, 0) is 0 Å². The van der Waals surface area contributed by atoms with Crippen LogP contribution in [0.15, 0.2) is 24.3 Å². The van der Waals surface area contributed by atoms with Crippen molar-refractivity contribution in [3.8, 4) is 0 Å². The zero-order chi connectivity index (χ0) is 9.71. The summed E-state index contributed by atoms with van der Waals surface area (Å²) in [7, 11) is 0. The lowest BCUT2D eigenvalue weighted by Gasteiger charge is -2.55. The second-order valence-corrected chi connectivity index (χ2v) is 4.77. The van der Waals surface area contributed by atoms with Gasteiger partial charge in [0.25, 0.3) is 0 Å². The first-order valence-corrected chi connectivity index (χ1v) is 5.45. The smallest absolute Gasteiger partial charge is 0.0468 e. The number of allylic oxidation sites excluding steroid dienone is 4. The Balaban J connectivity index is 1.96. The summed E-state index contributed by atoms with van der Waals surface area (Å²) in [5, 5.41) is 18.7. The third-order valence-corrected chi connectivity index (χ3v) is 4.40. The summed E-state index contributed by atoms with van der Waals surface area (Å²) >= 11 is 0. The third kappa shape index (κ3) is 0.882. The number of hydrogen-bond donors (Lipinski definition) is 2. The summed E-state index contributed by atoms with van der Waals surface area (Å²) in [5.41, 5.74) is 0. The quantitative estimate of drug-likeness (QED) is 0.636. The number of rotatable bonds is 2. The molecule has 6 atom stereocenters. The van der Waals surface area contributed by atoms with Gasteiger partial charge in [0.1, 0.15) is 0 Å². The highest BCUT2D eigenvalue weighted by molar-refractivity contribution is 5.27. The molecule has 0 aromatic carbocycles. The first kappa shape index (κ1) is 8.69. The van der Waals surface area contributed by atoms with Crippen molar-refractivity contribution in [1.82, 2.24) is 0 Å². The van der Waals surface area contributed by atoms with Crippen molar-refractivity contribution in [2.24, 2.45) is 35.5 Å². The Hall–Kier alpha value is -0.600. The highest BCUT2D eigenvalue weighted by atomic mass is 16.3. The fourth-order valence-electron chi connectivity index (χ4n) is 3.59. The van der Waals surface area contributed by atoms with E-state index in [1.165, 1.54) is 0 Å². The van der Waals surface area contributed by atoms with Crippen molar-refractivity contribution in [1.29, 1.82) is 0 Å². The van der Waals surface area contributed by atoms with E-state index in [1.807, 2.05) is 0 Å². The van der Waals surface area contributed by atoms with Crippen LogP contribution < -0.4 is 0 Å². The lowest BCUT2D eigenvalue weighted by molar-refractivity contribution is -0.0239. The van der Waals surface area contributed by atoms with E-state index >= 15 is 0 Å². The van der Waals surface area contributed by atoms with E-state index in [0.29, 0.717) is 23.7 Å². The lowest BCUT2D eigenvalue weighted by atomic mass is 9.50. The van der Waals surface area contributed by atoms with E-state index in [4.69, 9.17) is 0 Å². The molecule has 2 nitrogen and oxygen atoms in total. The molecular formula is C12H16O2. The van der Waals surface area contributed by atoms with Gasteiger partial charge in [0.15, 0.2) is 0 Å². The molecule has 14 heavy (non-hydrogen) atoms. The van der Waals surface area contributed by atoms with E-state index < -0.39 is 0 Å². The van der Waals surface area contributed by atoms with Crippen LogP contribution in [0, 0.1) is 35.5 Å². The molecule has 2 bridgehead atoms. The first-order chi connectivity index (χ1) is 6.86. The molecule has 0 amide bonds. The zero-order valence-electron chi connectivity index (χ0n) is 8.08. The fourth-order valence-corrected chi connectivity index (χ4v) is 3.59. The Morgan fingerprint density at radius 2 is 1.00 bits per heavy atom. The monoisotopic (exact) mass is 192 g/mol. The normalized spacial score (nSPS) is 53.0. The maximum atomic E-state index is 9.37. The van der Waals surface area contributed by atoms with Gasteiger partial charge in [-0.1, -0.05) is 24.3 Å². The van der Waals surface area contributed by atoms with Crippen molar-refractivity contribution in [2.75, 3.05) is 13.2 Å². The number of aliphatic hydroxyl groups is 2. The molecule has 0 unspecified atom stereocenters. The summed E-state index contributed by atoms with van der Waals surface area (Å²) in [4.78, 5) is 0. The van der Waals surface area contributed by atoms with Crippen LogP contribution in [0.4, 0.5) is 0 Å². The predicted molar refractivity (Wildman–Crippen MR) is 53.4 cm³/mol. The van der Waals surface area contributed by atoms with Gasteiger partial charge >= 0.3 is 0 Å². The highest BCUT2D eigenvalue weighted by Crippen LogP contribution is 2.55. The predicted octanol–water partition coefficient (Wildman–Crippen LogP) is 0.821. The van der Waals surface area contributed by atoms with Gasteiger partial charge in [0.05, 0.1) is 0 Å². The van der Waals surface area contributed by atoms with Crippen LogP contribution in [0.2, 0.25) is 0 Å². The van der Waals surface area contributed by atoms with Crippen LogP contribution in [0.5, 0.6) is 0 Å². The molecule has 2 N–H and O–H groups in total. The van der Waals surface area contributed by atoms with Crippen molar-refractivity contribution < 1.29 is 10.2 Å². The van der Waals surface area contributed by atoms with E-state index in [0.717, 1.165) is 0 Å². The van der Waals surface area contributed by atoms with E-state index in [1.54, 1.807) is 0 Å². The molecule has 0 radical (unpaired) electrons. The molecule has 1 saturated carbocycles. The maximum Gasteiger partial charge on any atom is 0.0468 e. The number of fused-ring (bicyclic) bond motifs is 1.